The average molecular weight is 525 g/mol. The lowest BCUT2D eigenvalue weighted by Crippen LogP contribution is -2.38. The van der Waals surface area contributed by atoms with Gasteiger partial charge in [-0.05, 0) is 52.6 Å². The molecule has 1 aliphatic rings. The quantitative estimate of drug-likeness (QED) is 0.274. The van der Waals surface area contributed by atoms with Crippen LogP contribution in [0.4, 0.5) is 0 Å². The van der Waals surface area contributed by atoms with Crippen molar-refractivity contribution in [2.45, 2.75) is 0 Å². The highest BCUT2D eigenvalue weighted by Gasteiger charge is 2.21. The minimum Gasteiger partial charge on any atom is -0.486 e. The Morgan fingerprint density at radius 3 is 1.57 bits per heavy atom. The van der Waals surface area contributed by atoms with Crippen molar-refractivity contribution in [3.8, 4) is 45.1 Å². The first-order valence-electron chi connectivity index (χ1n) is 13.1. The van der Waals surface area contributed by atoms with Crippen LogP contribution in [0.15, 0.2) is 131 Å². The third-order valence-electron chi connectivity index (χ3n) is 7.14. The van der Waals surface area contributed by atoms with Crippen molar-refractivity contribution < 1.29 is 9.47 Å². The number of nitrogens with zero attached hydrogens (tertiary/aromatic N) is 2. The normalized spacial score (nSPS) is 12.4. The summed E-state index contributed by atoms with van der Waals surface area (Å²) in [5, 5.41) is 0.360. The zero-order chi connectivity index (χ0) is 27.1. The Balaban J connectivity index is 1.52. The van der Waals surface area contributed by atoms with E-state index >= 15 is 0 Å². The maximum absolute atomic E-state index is 14.3. The molecule has 1 aliphatic heterocycles. The molecule has 6 aromatic rings. The second kappa shape index (κ2) is 9.75. The molecule has 0 aliphatic carbocycles. The SMILES string of the molecule is O=c1c2cc3c(cc2n(-c2cccc(-c4ccccc4)c2)c(=O)n1-c1cccc(-c2ccccc2)c1)OCCO3. The summed E-state index contributed by atoms with van der Waals surface area (Å²) in [5.41, 5.74) is 4.58. The van der Waals surface area contributed by atoms with Gasteiger partial charge in [-0.25, -0.2) is 9.36 Å². The minimum atomic E-state index is -0.468. The Morgan fingerprint density at radius 1 is 0.500 bits per heavy atom. The molecule has 0 unspecified atom stereocenters. The molecule has 5 aromatic carbocycles. The fourth-order valence-corrected chi connectivity index (χ4v) is 5.23. The van der Waals surface area contributed by atoms with Crippen LogP contribution in [-0.4, -0.2) is 22.3 Å². The Bertz CT molecular complexity index is 1990. The molecule has 194 valence electrons. The van der Waals surface area contributed by atoms with Crippen molar-refractivity contribution in [2.75, 3.05) is 13.2 Å². The molecule has 0 atom stereocenters. The smallest absolute Gasteiger partial charge is 0.340 e. The fourth-order valence-electron chi connectivity index (χ4n) is 5.23. The Kier molecular flexibility index (Phi) is 5.78. The summed E-state index contributed by atoms with van der Waals surface area (Å²) in [7, 11) is 0. The maximum atomic E-state index is 14.3. The van der Waals surface area contributed by atoms with E-state index in [1.165, 1.54) is 4.57 Å². The van der Waals surface area contributed by atoms with Gasteiger partial charge in [0.2, 0.25) is 0 Å². The van der Waals surface area contributed by atoms with Gasteiger partial charge in [0.05, 0.1) is 22.3 Å². The number of benzene rings is 5. The van der Waals surface area contributed by atoms with E-state index in [9.17, 15) is 9.59 Å². The van der Waals surface area contributed by atoms with Crippen molar-refractivity contribution in [3.63, 3.8) is 0 Å². The first kappa shape index (κ1) is 23.7. The monoisotopic (exact) mass is 524 g/mol. The van der Waals surface area contributed by atoms with Gasteiger partial charge in [0, 0.05) is 6.07 Å². The van der Waals surface area contributed by atoms with Gasteiger partial charge in [-0.2, -0.15) is 0 Å². The third-order valence-corrected chi connectivity index (χ3v) is 7.14. The summed E-state index contributed by atoms with van der Waals surface area (Å²) in [6.07, 6.45) is 0. The molecule has 0 saturated heterocycles. The summed E-state index contributed by atoms with van der Waals surface area (Å²) in [6, 6.07) is 38.5. The van der Waals surface area contributed by atoms with E-state index in [4.69, 9.17) is 9.47 Å². The van der Waals surface area contributed by atoms with Crippen molar-refractivity contribution in [1.29, 1.82) is 0 Å². The van der Waals surface area contributed by atoms with Crippen LogP contribution < -0.4 is 20.7 Å². The average Bonchev–Trinajstić information content (AvgIpc) is 3.02. The van der Waals surface area contributed by atoms with Gasteiger partial charge < -0.3 is 9.47 Å². The predicted octanol–water partition coefficient (Wildman–Crippen LogP) is 6.25. The summed E-state index contributed by atoms with van der Waals surface area (Å²) in [6.45, 7) is 0.792. The summed E-state index contributed by atoms with van der Waals surface area (Å²) in [4.78, 5) is 28.3. The van der Waals surface area contributed by atoms with Crippen LogP contribution in [0.2, 0.25) is 0 Å². The van der Waals surface area contributed by atoms with Crippen molar-refractivity contribution in [1.82, 2.24) is 9.13 Å². The van der Waals surface area contributed by atoms with Gasteiger partial charge in [-0.3, -0.25) is 9.36 Å². The molecule has 0 fully saturated rings. The van der Waals surface area contributed by atoms with Crippen molar-refractivity contribution >= 4 is 10.9 Å². The molecule has 0 spiro atoms. The molecule has 1 aromatic heterocycles. The van der Waals surface area contributed by atoms with Crippen LogP contribution in [0.3, 0.4) is 0 Å². The molecule has 0 N–H and O–H groups in total. The topological polar surface area (TPSA) is 62.5 Å². The molecule has 2 heterocycles. The van der Waals surface area contributed by atoms with Crippen molar-refractivity contribution in [2.24, 2.45) is 0 Å². The lowest BCUT2D eigenvalue weighted by Gasteiger charge is -2.21. The standard InChI is InChI=1S/C34H24N2O4/c37-33-29-21-31-32(40-18-17-39-31)22-30(29)35(27-15-7-13-25(19-27)23-9-3-1-4-10-23)34(38)36(33)28-16-8-14-26(20-28)24-11-5-2-6-12-24/h1-16,19-22H,17-18H2. The fraction of sp³-hybridized carbons (Fsp3) is 0.0588. The Morgan fingerprint density at radius 2 is 1.00 bits per heavy atom. The summed E-state index contributed by atoms with van der Waals surface area (Å²) < 4.78 is 14.4. The highest BCUT2D eigenvalue weighted by Crippen LogP contribution is 2.34. The van der Waals surface area contributed by atoms with Gasteiger partial charge in [0.25, 0.3) is 5.56 Å². The van der Waals surface area contributed by atoms with Crippen molar-refractivity contribution in [3.05, 3.63) is 142 Å². The van der Waals surface area contributed by atoms with Gasteiger partial charge >= 0.3 is 5.69 Å². The first-order chi connectivity index (χ1) is 19.7. The maximum Gasteiger partial charge on any atom is 0.340 e. The van der Waals surface area contributed by atoms with Gasteiger partial charge in [0.15, 0.2) is 11.5 Å². The molecule has 6 nitrogen and oxygen atoms in total. The van der Waals surface area contributed by atoms with E-state index in [0.717, 1.165) is 22.3 Å². The zero-order valence-corrected chi connectivity index (χ0v) is 21.5. The molecular formula is C34H24N2O4. The molecular weight excluding hydrogens is 500 g/mol. The van der Waals surface area contributed by atoms with Crippen LogP contribution >= 0.6 is 0 Å². The highest BCUT2D eigenvalue weighted by molar-refractivity contribution is 5.84. The van der Waals surface area contributed by atoms with E-state index in [0.29, 0.717) is 47.0 Å². The number of rotatable bonds is 4. The first-order valence-corrected chi connectivity index (χ1v) is 13.1. The summed E-state index contributed by atoms with van der Waals surface area (Å²) >= 11 is 0. The predicted molar refractivity (Wildman–Crippen MR) is 157 cm³/mol. The van der Waals surface area contributed by atoms with Crippen LogP contribution in [-0.2, 0) is 0 Å². The Hall–Kier alpha value is -5.36. The van der Waals surface area contributed by atoms with Gasteiger partial charge in [0.1, 0.15) is 13.2 Å². The van der Waals surface area contributed by atoms with E-state index in [1.807, 2.05) is 103 Å². The second-order valence-electron chi connectivity index (χ2n) is 9.60. The largest absolute Gasteiger partial charge is 0.486 e. The van der Waals surface area contributed by atoms with E-state index < -0.39 is 11.2 Å². The molecule has 0 amide bonds. The molecule has 40 heavy (non-hydrogen) atoms. The number of aromatic nitrogens is 2. The Labute approximate surface area is 229 Å². The lowest BCUT2D eigenvalue weighted by atomic mass is 10.0. The summed E-state index contributed by atoms with van der Waals surface area (Å²) in [5.74, 6) is 0.998. The lowest BCUT2D eigenvalue weighted by molar-refractivity contribution is 0.172. The van der Waals surface area contributed by atoms with E-state index in [-0.39, 0.29) is 0 Å². The zero-order valence-electron chi connectivity index (χ0n) is 21.5. The molecule has 0 saturated carbocycles. The number of hydrogen-bond acceptors (Lipinski definition) is 4. The molecule has 0 radical (unpaired) electrons. The highest BCUT2D eigenvalue weighted by atomic mass is 16.6. The minimum absolute atomic E-state index is 0.360. The van der Waals surface area contributed by atoms with Crippen LogP contribution in [0, 0.1) is 0 Å². The molecule has 0 bridgehead atoms. The number of hydrogen-bond donors (Lipinski definition) is 0. The van der Waals surface area contributed by atoms with E-state index in [2.05, 4.69) is 0 Å². The van der Waals surface area contributed by atoms with Crippen LogP contribution in [0.1, 0.15) is 0 Å². The number of fused-ring (bicyclic) bond motifs is 2. The number of ether oxygens (including phenoxy) is 2. The second-order valence-corrected chi connectivity index (χ2v) is 9.60. The van der Waals surface area contributed by atoms with Crippen LogP contribution in [0.5, 0.6) is 11.5 Å². The third kappa shape index (κ3) is 4.07. The molecule has 7 rings (SSSR count). The van der Waals surface area contributed by atoms with Gasteiger partial charge in [-0.1, -0.05) is 84.9 Å². The van der Waals surface area contributed by atoms with E-state index in [1.54, 1.807) is 22.8 Å². The van der Waals surface area contributed by atoms with Gasteiger partial charge in [-0.15, -0.1) is 0 Å². The molecule has 6 heteroatoms. The van der Waals surface area contributed by atoms with Crippen LogP contribution in [0.25, 0.3) is 44.5 Å².